The molecule has 1 saturated heterocycles. The van der Waals surface area contributed by atoms with E-state index in [-0.39, 0.29) is 17.8 Å². The molecule has 2 N–H and O–H groups in total. The molecule has 0 radical (unpaired) electrons. The zero-order valence-electron chi connectivity index (χ0n) is 13.7. The Hall–Kier alpha value is -1.62. The van der Waals surface area contributed by atoms with Gasteiger partial charge in [0.1, 0.15) is 0 Å². The number of methoxy groups -OCH3 is 1. The maximum absolute atomic E-state index is 14.0. The Morgan fingerprint density at radius 3 is 2.83 bits per heavy atom. The number of nitrogens with one attached hydrogen (secondary N) is 2. The van der Waals surface area contributed by atoms with E-state index in [9.17, 15) is 4.39 Å². The Balaban J connectivity index is 1.75. The minimum Gasteiger partial charge on any atom is -0.493 e. The van der Waals surface area contributed by atoms with Crippen molar-refractivity contribution in [3.8, 4) is 5.75 Å². The largest absolute Gasteiger partial charge is 0.493 e. The predicted molar refractivity (Wildman–Crippen MR) is 95.0 cm³/mol. The highest BCUT2D eigenvalue weighted by Gasteiger charge is 2.26. The summed E-state index contributed by atoms with van der Waals surface area (Å²) >= 11 is 5.99. The number of hydrogen-bond acceptors (Lipinski definition) is 3. The van der Waals surface area contributed by atoms with Crippen LogP contribution in [0.1, 0.15) is 30.0 Å². The third-order valence-corrected chi connectivity index (χ3v) is 4.68. The molecule has 3 nitrogen and oxygen atoms in total. The summed E-state index contributed by atoms with van der Waals surface area (Å²) in [4.78, 5) is 0. The van der Waals surface area contributed by atoms with Gasteiger partial charge in [-0.15, -0.1) is 0 Å². The minimum absolute atomic E-state index is 0.245. The third-order valence-electron chi connectivity index (χ3n) is 4.46. The molecule has 2 atom stereocenters. The highest BCUT2D eigenvalue weighted by Crippen LogP contribution is 2.28. The van der Waals surface area contributed by atoms with Crippen LogP contribution >= 0.6 is 11.6 Å². The predicted octanol–water partition coefficient (Wildman–Crippen LogP) is 4.07. The van der Waals surface area contributed by atoms with Crippen molar-refractivity contribution < 1.29 is 9.13 Å². The van der Waals surface area contributed by atoms with Gasteiger partial charge in [0.2, 0.25) is 0 Å². The summed E-state index contributed by atoms with van der Waals surface area (Å²) in [5.41, 5.74) is 2.00. The molecule has 3 rings (SSSR count). The second-order valence-electron chi connectivity index (χ2n) is 6.05. The van der Waals surface area contributed by atoms with Crippen molar-refractivity contribution in [2.45, 2.75) is 31.5 Å². The highest BCUT2D eigenvalue weighted by atomic mass is 35.5. The Morgan fingerprint density at radius 2 is 2.08 bits per heavy atom. The number of hydrogen-bond donors (Lipinski definition) is 2. The van der Waals surface area contributed by atoms with Crippen LogP contribution in [0.2, 0.25) is 5.02 Å². The summed E-state index contributed by atoms with van der Waals surface area (Å²) in [5.74, 6) is -0.171. The van der Waals surface area contributed by atoms with E-state index in [4.69, 9.17) is 16.3 Å². The highest BCUT2D eigenvalue weighted by molar-refractivity contribution is 6.30. The first-order valence-corrected chi connectivity index (χ1v) is 8.60. The molecule has 1 heterocycles. The fourth-order valence-corrected chi connectivity index (χ4v) is 3.56. The van der Waals surface area contributed by atoms with Crippen LogP contribution in [0, 0.1) is 5.82 Å². The summed E-state index contributed by atoms with van der Waals surface area (Å²) in [6.07, 6.45) is 2.18. The molecule has 1 aliphatic heterocycles. The van der Waals surface area contributed by atoms with Crippen LogP contribution in [0.25, 0.3) is 0 Å². The maximum atomic E-state index is 14.0. The van der Waals surface area contributed by atoms with Crippen LogP contribution < -0.4 is 15.4 Å². The molecular formula is C19H22ClFN2O. The van der Waals surface area contributed by atoms with Gasteiger partial charge in [0, 0.05) is 29.2 Å². The van der Waals surface area contributed by atoms with E-state index in [1.165, 1.54) is 18.7 Å². The zero-order chi connectivity index (χ0) is 16.9. The molecule has 2 aromatic carbocycles. The van der Waals surface area contributed by atoms with Crippen molar-refractivity contribution in [2.24, 2.45) is 0 Å². The fourth-order valence-electron chi connectivity index (χ4n) is 3.33. The Kier molecular flexibility index (Phi) is 5.72. The number of benzene rings is 2. The molecule has 24 heavy (non-hydrogen) atoms. The minimum atomic E-state index is -0.428. The first-order chi connectivity index (χ1) is 11.7. The van der Waals surface area contributed by atoms with E-state index < -0.39 is 5.82 Å². The summed E-state index contributed by atoms with van der Waals surface area (Å²) in [6, 6.07) is 13.9. The average molecular weight is 349 g/mol. The average Bonchev–Trinajstić information content (AvgIpc) is 2.60. The molecule has 2 aromatic rings. The molecular weight excluding hydrogens is 327 g/mol. The lowest BCUT2D eigenvalue weighted by atomic mass is 9.92. The van der Waals surface area contributed by atoms with Crippen LogP contribution in [-0.4, -0.2) is 19.7 Å². The molecule has 0 amide bonds. The summed E-state index contributed by atoms with van der Waals surface area (Å²) in [7, 11) is 1.48. The van der Waals surface area contributed by atoms with Gasteiger partial charge in [-0.3, -0.25) is 0 Å². The lowest BCUT2D eigenvalue weighted by molar-refractivity contribution is 0.302. The summed E-state index contributed by atoms with van der Waals surface area (Å²) < 4.78 is 19.2. The Morgan fingerprint density at radius 1 is 1.29 bits per heavy atom. The van der Waals surface area contributed by atoms with Crippen molar-refractivity contribution in [1.82, 2.24) is 10.6 Å². The zero-order valence-corrected chi connectivity index (χ0v) is 14.4. The van der Waals surface area contributed by atoms with Crippen molar-refractivity contribution in [2.75, 3.05) is 13.7 Å². The van der Waals surface area contributed by atoms with Gasteiger partial charge in [-0.05, 0) is 37.1 Å². The van der Waals surface area contributed by atoms with Crippen LogP contribution in [-0.2, 0) is 6.54 Å². The topological polar surface area (TPSA) is 33.3 Å². The number of halogens is 2. The second-order valence-corrected chi connectivity index (χ2v) is 6.49. The first kappa shape index (κ1) is 17.2. The van der Waals surface area contributed by atoms with Crippen LogP contribution in [0.5, 0.6) is 5.75 Å². The van der Waals surface area contributed by atoms with Crippen molar-refractivity contribution >= 4 is 11.6 Å². The van der Waals surface area contributed by atoms with Crippen molar-refractivity contribution in [3.05, 3.63) is 64.4 Å². The van der Waals surface area contributed by atoms with Gasteiger partial charge in [-0.1, -0.05) is 41.9 Å². The van der Waals surface area contributed by atoms with Crippen LogP contribution in [0.4, 0.5) is 4.39 Å². The van der Waals surface area contributed by atoms with Gasteiger partial charge in [0.15, 0.2) is 11.6 Å². The quantitative estimate of drug-likeness (QED) is 0.854. The Labute approximate surface area is 147 Å². The van der Waals surface area contributed by atoms with Crippen LogP contribution in [0.15, 0.2) is 42.5 Å². The van der Waals surface area contributed by atoms with E-state index in [0.717, 1.165) is 24.9 Å². The number of piperidine rings is 1. The van der Waals surface area contributed by atoms with Gasteiger partial charge in [-0.2, -0.15) is 0 Å². The van der Waals surface area contributed by atoms with E-state index in [2.05, 4.69) is 34.9 Å². The van der Waals surface area contributed by atoms with Crippen LogP contribution in [0.3, 0.4) is 0 Å². The van der Waals surface area contributed by atoms with Gasteiger partial charge in [0.25, 0.3) is 0 Å². The normalized spacial score (nSPS) is 20.8. The molecule has 0 unspecified atom stereocenters. The van der Waals surface area contributed by atoms with E-state index in [1.807, 2.05) is 6.07 Å². The second kappa shape index (κ2) is 7.97. The van der Waals surface area contributed by atoms with Gasteiger partial charge < -0.3 is 15.4 Å². The van der Waals surface area contributed by atoms with E-state index in [1.54, 1.807) is 6.07 Å². The molecule has 1 fully saturated rings. The van der Waals surface area contributed by atoms with Crippen molar-refractivity contribution in [3.63, 3.8) is 0 Å². The first-order valence-electron chi connectivity index (χ1n) is 8.22. The lowest BCUT2D eigenvalue weighted by Crippen LogP contribution is -2.45. The lowest BCUT2D eigenvalue weighted by Gasteiger charge is -2.34. The van der Waals surface area contributed by atoms with Gasteiger partial charge >= 0.3 is 0 Å². The van der Waals surface area contributed by atoms with Crippen molar-refractivity contribution in [1.29, 1.82) is 0 Å². The Bertz CT molecular complexity index is 681. The molecule has 5 heteroatoms. The van der Waals surface area contributed by atoms with Gasteiger partial charge in [-0.25, -0.2) is 4.39 Å². The monoisotopic (exact) mass is 348 g/mol. The van der Waals surface area contributed by atoms with E-state index >= 15 is 0 Å². The molecule has 0 bridgehead atoms. The van der Waals surface area contributed by atoms with Gasteiger partial charge in [0.05, 0.1) is 7.11 Å². The maximum Gasteiger partial charge on any atom is 0.166 e. The standard InChI is InChI=1S/C19H22ClFN2O/c1-24-19-14(10-15(20)11-16(19)21)12-23-17-8-5-9-22-18(17)13-6-3-2-4-7-13/h2-4,6-7,10-11,17-18,22-23H,5,8-9,12H2,1H3/t17-,18-/m0/s1. The fraction of sp³-hybridized carbons (Fsp3) is 0.368. The summed E-state index contributed by atoms with van der Waals surface area (Å²) in [5, 5.41) is 7.51. The molecule has 0 aliphatic carbocycles. The SMILES string of the molecule is COc1c(F)cc(Cl)cc1CN[C@H]1CCCN[C@H]1c1ccccc1. The summed E-state index contributed by atoms with van der Waals surface area (Å²) in [6.45, 7) is 1.52. The van der Waals surface area contributed by atoms with E-state index in [0.29, 0.717) is 11.6 Å². The molecule has 0 saturated carbocycles. The molecule has 0 spiro atoms. The molecule has 1 aliphatic rings. The molecule has 0 aromatic heterocycles. The smallest absolute Gasteiger partial charge is 0.166 e. The molecule has 128 valence electrons. The number of ether oxygens (including phenoxy) is 1. The third kappa shape index (κ3) is 3.89. The number of rotatable bonds is 5.